The molecular weight excluding hydrogens is 519 g/mol. The molecule has 0 saturated carbocycles. The summed E-state index contributed by atoms with van der Waals surface area (Å²) in [6.45, 7) is 5.65. The van der Waals surface area contributed by atoms with E-state index >= 15 is 0 Å². The molecule has 6 rings (SSSR count). The number of nitrogens with one attached hydrogen (secondary N) is 1. The van der Waals surface area contributed by atoms with Crippen LogP contribution in [0.4, 0.5) is 4.39 Å². The van der Waals surface area contributed by atoms with Crippen LogP contribution < -0.4 is 5.32 Å². The standard InChI is InChI=1S/C28H29FN6O5/c1-27(2)14-34(12-16-3-4-17(19(29)11-16)24-30-15-40-33-24)10-9-28(27,39)22-7-5-18-20(31-22)13-35(26(18)38)21-6-8-23(36)32-25(21)37/h3-5,7,11,15,21,39H,6,8-10,12-14H2,1-2H3,(H,32,36,37). The first-order valence-corrected chi connectivity index (χ1v) is 13.2. The molecule has 0 spiro atoms. The van der Waals surface area contributed by atoms with Gasteiger partial charge in [-0.05, 0) is 42.7 Å². The first kappa shape index (κ1) is 26.2. The van der Waals surface area contributed by atoms with Crippen molar-refractivity contribution in [2.45, 2.75) is 57.8 Å². The molecule has 3 aromatic rings. The van der Waals surface area contributed by atoms with Gasteiger partial charge in [-0.15, -0.1) is 0 Å². The first-order chi connectivity index (χ1) is 19.1. The number of aliphatic hydroxyl groups is 1. The van der Waals surface area contributed by atoms with Crippen molar-refractivity contribution < 1.29 is 28.4 Å². The van der Waals surface area contributed by atoms with Gasteiger partial charge in [-0.3, -0.25) is 29.6 Å². The molecule has 2 fully saturated rings. The van der Waals surface area contributed by atoms with Crippen molar-refractivity contribution >= 4 is 17.7 Å². The van der Waals surface area contributed by atoms with E-state index in [1.807, 2.05) is 19.9 Å². The van der Waals surface area contributed by atoms with Crippen LogP contribution in [0.5, 0.6) is 0 Å². The Morgan fingerprint density at radius 3 is 2.67 bits per heavy atom. The number of fused-ring (bicyclic) bond motifs is 1. The van der Waals surface area contributed by atoms with Gasteiger partial charge in [0.1, 0.15) is 17.5 Å². The molecule has 3 aliphatic heterocycles. The molecule has 2 saturated heterocycles. The van der Waals surface area contributed by atoms with Crippen molar-refractivity contribution in [2.75, 3.05) is 13.1 Å². The lowest BCUT2D eigenvalue weighted by Crippen LogP contribution is -2.55. The van der Waals surface area contributed by atoms with Gasteiger partial charge >= 0.3 is 0 Å². The summed E-state index contributed by atoms with van der Waals surface area (Å²) >= 11 is 0. The van der Waals surface area contributed by atoms with Crippen LogP contribution in [0.2, 0.25) is 0 Å². The highest BCUT2D eigenvalue weighted by Gasteiger charge is 2.50. The van der Waals surface area contributed by atoms with Crippen LogP contribution in [0.15, 0.2) is 41.2 Å². The normalized spacial score (nSPS) is 24.8. The number of rotatable bonds is 5. The lowest BCUT2D eigenvalue weighted by atomic mass is 9.68. The average molecular weight is 549 g/mol. The molecule has 1 aromatic carbocycles. The molecule has 2 N–H and O–H groups in total. The van der Waals surface area contributed by atoms with E-state index in [4.69, 9.17) is 9.51 Å². The smallest absolute Gasteiger partial charge is 0.256 e. The zero-order valence-corrected chi connectivity index (χ0v) is 22.2. The number of pyridine rings is 1. The van der Waals surface area contributed by atoms with E-state index < -0.39 is 28.8 Å². The van der Waals surface area contributed by atoms with Crippen LogP contribution in [-0.2, 0) is 28.3 Å². The molecule has 11 nitrogen and oxygen atoms in total. The van der Waals surface area contributed by atoms with Crippen molar-refractivity contribution in [1.29, 1.82) is 0 Å². The number of hydrogen-bond donors (Lipinski definition) is 2. The number of carbonyl (C=O) groups excluding carboxylic acids is 3. The van der Waals surface area contributed by atoms with Gasteiger partial charge in [0.25, 0.3) is 5.91 Å². The van der Waals surface area contributed by atoms with Crippen LogP contribution in [0.25, 0.3) is 11.4 Å². The Labute approximate surface area is 229 Å². The second-order valence-corrected chi connectivity index (χ2v) is 11.4. The van der Waals surface area contributed by atoms with Crippen LogP contribution in [-0.4, -0.2) is 66.9 Å². The number of nitrogens with zero attached hydrogens (tertiary/aromatic N) is 5. The van der Waals surface area contributed by atoms with Crippen LogP contribution in [0, 0.1) is 11.2 Å². The van der Waals surface area contributed by atoms with Gasteiger partial charge in [0, 0.05) is 31.5 Å². The van der Waals surface area contributed by atoms with E-state index in [1.165, 1.54) is 11.0 Å². The molecule has 208 valence electrons. The minimum absolute atomic E-state index is 0.141. The number of carbonyl (C=O) groups is 3. The molecule has 3 aliphatic rings. The second-order valence-electron chi connectivity index (χ2n) is 11.4. The molecule has 12 heteroatoms. The van der Waals surface area contributed by atoms with Gasteiger partial charge in [0.05, 0.1) is 29.1 Å². The third-order valence-corrected chi connectivity index (χ3v) is 8.37. The number of amides is 3. The maximum atomic E-state index is 14.7. The van der Waals surface area contributed by atoms with E-state index in [1.54, 1.807) is 18.2 Å². The van der Waals surface area contributed by atoms with Gasteiger partial charge in [0.15, 0.2) is 0 Å². The Balaban J connectivity index is 1.17. The van der Waals surface area contributed by atoms with Gasteiger partial charge in [-0.25, -0.2) is 4.39 Å². The Bertz CT molecular complexity index is 1510. The molecule has 2 aromatic heterocycles. The fourth-order valence-electron chi connectivity index (χ4n) is 6.09. The fraction of sp³-hybridized carbons (Fsp3) is 0.429. The Kier molecular flexibility index (Phi) is 6.26. The topological polar surface area (TPSA) is 142 Å². The summed E-state index contributed by atoms with van der Waals surface area (Å²) in [4.78, 5) is 49.2. The zero-order valence-electron chi connectivity index (χ0n) is 22.2. The highest BCUT2D eigenvalue weighted by Crippen LogP contribution is 2.46. The summed E-state index contributed by atoms with van der Waals surface area (Å²) < 4.78 is 19.4. The first-order valence-electron chi connectivity index (χ1n) is 13.2. The van der Waals surface area contributed by atoms with Crippen LogP contribution >= 0.6 is 0 Å². The molecule has 40 heavy (non-hydrogen) atoms. The maximum Gasteiger partial charge on any atom is 0.256 e. The summed E-state index contributed by atoms with van der Waals surface area (Å²) in [5, 5.41) is 17.9. The third kappa shape index (κ3) is 4.37. The molecule has 5 heterocycles. The number of imide groups is 1. The molecule has 2 atom stereocenters. The molecule has 0 radical (unpaired) electrons. The van der Waals surface area contributed by atoms with Crippen molar-refractivity contribution in [1.82, 2.24) is 30.2 Å². The number of piperidine rings is 2. The van der Waals surface area contributed by atoms with Crippen molar-refractivity contribution in [3.8, 4) is 11.4 Å². The molecule has 0 bridgehead atoms. The monoisotopic (exact) mass is 548 g/mol. The average Bonchev–Trinajstić information content (AvgIpc) is 3.54. The lowest BCUT2D eigenvalue weighted by molar-refractivity contribution is -0.137. The Morgan fingerprint density at radius 1 is 1.18 bits per heavy atom. The van der Waals surface area contributed by atoms with Gasteiger partial charge in [-0.1, -0.05) is 25.1 Å². The molecule has 2 unspecified atom stereocenters. The number of aromatic nitrogens is 3. The Morgan fingerprint density at radius 2 is 1.98 bits per heavy atom. The highest BCUT2D eigenvalue weighted by atomic mass is 19.1. The lowest BCUT2D eigenvalue weighted by Gasteiger charge is -2.50. The number of benzene rings is 1. The van der Waals surface area contributed by atoms with E-state index in [-0.39, 0.29) is 42.6 Å². The predicted octanol–water partition coefficient (Wildman–Crippen LogP) is 2.15. The number of hydrogen-bond acceptors (Lipinski definition) is 9. The number of halogens is 1. The SMILES string of the molecule is CC1(C)CN(Cc2ccc(-c3ncon3)c(F)c2)CCC1(O)c1ccc2c(n1)CN(C1CCC(=O)NC1=O)C2=O. The van der Waals surface area contributed by atoms with E-state index in [0.717, 1.165) is 12.0 Å². The summed E-state index contributed by atoms with van der Waals surface area (Å²) in [7, 11) is 0. The van der Waals surface area contributed by atoms with Crippen molar-refractivity contribution in [3.05, 3.63) is 65.1 Å². The van der Waals surface area contributed by atoms with E-state index in [0.29, 0.717) is 43.0 Å². The Hall–Kier alpha value is -4.03. The van der Waals surface area contributed by atoms with Gasteiger partial charge in [0.2, 0.25) is 24.0 Å². The summed E-state index contributed by atoms with van der Waals surface area (Å²) in [5.41, 5.74) is 0.551. The molecule has 0 aliphatic carbocycles. The second kappa shape index (κ2) is 9.56. The maximum absolute atomic E-state index is 14.7. The van der Waals surface area contributed by atoms with E-state index in [9.17, 15) is 23.9 Å². The van der Waals surface area contributed by atoms with Crippen molar-refractivity contribution in [2.24, 2.45) is 5.41 Å². The van der Waals surface area contributed by atoms with E-state index in [2.05, 4.69) is 20.4 Å². The fourth-order valence-corrected chi connectivity index (χ4v) is 6.09. The zero-order chi connectivity index (χ0) is 28.2. The van der Waals surface area contributed by atoms with Crippen molar-refractivity contribution in [3.63, 3.8) is 0 Å². The summed E-state index contributed by atoms with van der Waals surface area (Å²) in [6, 6.07) is 7.56. The quantitative estimate of drug-likeness (QED) is 0.459. The predicted molar refractivity (Wildman–Crippen MR) is 138 cm³/mol. The summed E-state index contributed by atoms with van der Waals surface area (Å²) in [5.74, 6) is -1.36. The van der Waals surface area contributed by atoms with Crippen LogP contribution in [0.1, 0.15) is 60.4 Å². The highest BCUT2D eigenvalue weighted by molar-refractivity contribution is 6.05. The van der Waals surface area contributed by atoms with Gasteiger partial charge < -0.3 is 14.5 Å². The summed E-state index contributed by atoms with van der Waals surface area (Å²) in [6.07, 6.45) is 1.99. The third-order valence-electron chi connectivity index (χ3n) is 8.37. The number of likely N-dealkylation sites (tertiary alicyclic amines) is 1. The largest absolute Gasteiger partial charge is 0.383 e. The minimum Gasteiger partial charge on any atom is -0.383 e. The van der Waals surface area contributed by atoms with Gasteiger partial charge in [-0.2, -0.15) is 4.98 Å². The van der Waals surface area contributed by atoms with Crippen LogP contribution in [0.3, 0.4) is 0 Å². The minimum atomic E-state index is -1.27. The molecule has 3 amide bonds. The molecular formula is C28H29FN6O5.